The summed E-state index contributed by atoms with van der Waals surface area (Å²) in [6.45, 7) is 1.81. The third-order valence-electron chi connectivity index (χ3n) is 3.12. The fourth-order valence-electron chi connectivity index (χ4n) is 1.91. The molecule has 1 amide bonds. The number of hydrogen-bond donors (Lipinski definition) is 1. The molecule has 0 radical (unpaired) electrons. The van der Waals surface area contributed by atoms with Crippen molar-refractivity contribution in [1.82, 2.24) is 15.5 Å². The Kier molecular flexibility index (Phi) is 5.12. The average Bonchev–Trinajstić information content (AvgIpc) is 3.25. The molecule has 0 spiro atoms. The molecule has 3 aromatic rings. The summed E-state index contributed by atoms with van der Waals surface area (Å²) in [6, 6.07) is 10.6. The standard InChI is InChI=1S/C16H14ClN3O3S/c1-10(22-12-6-4-11(17)5-7-12)16(21)18-9-14-19-15(20-23-14)13-3-2-8-24-13/h2-8,10H,9H2,1H3,(H,18,21)/t10-/m1/s1. The van der Waals surface area contributed by atoms with Crippen LogP contribution in [0.15, 0.2) is 46.3 Å². The van der Waals surface area contributed by atoms with E-state index in [1.54, 1.807) is 31.2 Å². The second-order valence-electron chi connectivity index (χ2n) is 4.92. The molecule has 2 aromatic heterocycles. The number of nitrogens with zero attached hydrogens (tertiary/aromatic N) is 2. The Hall–Kier alpha value is -2.38. The Morgan fingerprint density at radius 2 is 2.17 bits per heavy atom. The highest BCUT2D eigenvalue weighted by Crippen LogP contribution is 2.21. The van der Waals surface area contributed by atoms with Crippen molar-refractivity contribution in [2.75, 3.05) is 0 Å². The van der Waals surface area contributed by atoms with Gasteiger partial charge >= 0.3 is 0 Å². The van der Waals surface area contributed by atoms with E-state index in [-0.39, 0.29) is 12.5 Å². The monoisotopic (exact) mass is 363 g/mol. The molecule has 1 atom stereocenters. The fraction of sp³-hybridized carbons (Fsp3) is 0.188. The van der Waals surface area contributed by atoms with Crippen LogP contribution in [0, 0.1) is 0 Å². The van der Waals surface area contributed by atoms with Gasteiger partial charge in [0, 0.05) is 5.02 Å². The van der Waals surface area contributed by atoms with Gasteiger partial charge in [-0.15, -0.1) is 11.3 Å². The highest BCUT2D eigenvalue weighted by atomic mass is 35.5. The molecule has 0 aliphatic rings. The molecule has 6 nitrogen and oxygen atoms in total. The topological polar surface area (TPSA) is 77.2 Å². The lowest BCUT2D eigenvalue weighted by Gasteiger charge is -2.13. The van der Waals surface area contributed by atoms with Crippen LogP contribution in [0.25, 0.3) is 10.7 Å². The molecule has 8 heteroatoms. The van der Waals surface area contributed by atoms with Crippen molar-refractivity contribution < 1.29 is 14.1 Å². The number of thiophene rings is 1. The smallest absolute Gasteiger partial charge is 0.261 e. The first-order valence-electron chi connectivity index (χ1n) is 7.18. The summed E-state index contributed by atoms with van der Waals surface area (Å²) in [6.07, 6.45) is -0.661. The van der Waals surface area contributed by atoms with Gasteiger partial charge in [0.15, 0.2) is 6.10 Å². The fourth-order valence-corrected chi connectivity index (χ4v) is 2.68. The van der Waals surface area contributed by atoms with E-state index < -0.39 is 6.10 Å². The van der Waals surface area contributed by atoms with E-state index in [4.69, 9.17) is 20.9 Å². The van der Waals surface area contributed by atoms with E-state index in [0.29, 0.717) is 22.5 Å². The Morgan fingerprint density at radius 1 is 1.38 bits per heavy atom. The van der Waals surface area contributed by atoms with Crippen LogP contribution in [0.5, 0.6) is 5.75 Å². The molecule has 124 valence electrons. The van der Waals surface area contributed by atoms with E-state index in [2.05, 4.69) is 15.5 Å². The first-order chi connectivity index (χ1) is 11.6. The van der Waals surface area contributed by atoms with Crippen LogP contribution in [-0.2, 0) is 11.3 Å². The summed E-state index contributed by atoms with van der Waals surface area (Å²) in [5, 5.41) is 9.13. The number of aromatic nitrogens is 2. The van der Waals surface area contributed by atoms with Gasteiger partial charge in [-0.2, -0.15) is 4.98 Å². The second-order valence-corrected chi connectivity index (χ2v) is 6.30. The van der Waals surface area contributed by atoms with E-state index >= 15 is 0 Å². The summed E-state index contributed by atoms with van der Waals surface area (Å²) >= 11 is 7.33. The Labute approximate surface area is 147 Å². The molecule has 2 heterocycles. The summed E-state index contributed by atoms with van der Waals surface area (Å²) in [5.74, 6) is 1.14. The van der Waals surface area contributed by atoms with E-state index in [0.717, 1.165) is 4.88 Å². The summed E-state index contributed by atoms with van der Waals surface area (Å²) in [7, 11) is 0. The molecule has 3 rings (SSSR count). The van der Waals surface area contributed by atoms with Gasteiger partial charge in [-0.1, -0.05) is 22.8 Å². The van der Waals surface area contributed by atoms with Crippen molar-refractivity contribution in [3.8, 4) is 16.5 Å². The zero-order valence-electron chi connectivity index (χ0n) is 12.7. The van der Waals surface area contributed by atoms with E-state index in [1.807, 2.05) is 17.5 Å². The van der Waals surface area contributed by atoms with Gasteiger partial charge in [0.25, 0.3) is 5.91 Å². The predicted octanol–water partition coefficient (Wildman–Crippen LogP) is 3.54. The molecular formula is C16H14ClN3O3S. The van der Waals surface area contributed by atoms with Crippen molar-refractivity contribution in [2.45, 2.75) is 19.6 Å². The molecule has 0 fully saturated rings. The summed E-state index contributed by atoms with van der Waals surface area (Å²) in [4.78, 5) is 17.2. The minimum absolute atomic E-state index is 0.144. The first-order valence-corrected chi connectivity index (χ1v) is 8.44. The van der Waals surface area contributed by atoms with Crippen LogP contribution >= 0.6 is 22.9 Å². The maximum Gasteiger partial charge on any atom is 0.261 e. The lowest BCUT2D eigenvalue weighted by atomic mass is 10.3. The molecule has 0 unspecified atom stereocenters. The zero-order valence-corrected chi connectivity index (χ0v) is 14.3. The minimum Gasteiger partial charge on any atom is -0.481 e. The molecule has 0 saturated heterocycles. The van der Waals surface area contributed by atoms with Crippen LogP contribution in [0.1, 0.15) is 12.8 Å². The minimum atomic E-state index is -0.661. The number of carbonyl (C=O) groups is 1. The molecule has 24 heavy (non-hydrogen) atoms. The third kappa shape index (κ3) is 4.12. The van der Waals surface area contributed by atoms with E-state index in [9.17, 15) is 4.79 Å². The number of ether oxygens (including phenoxy) is 1. The third-order valence-corrected chi connectivity index (χ3v) is 4.24. The van der Waals surface area contributed by atoms with Crippen LogP contribution in [0.2, 0.25) is 5.02 Å². The normalized spacial score (nSPS) is 11.9. The van der Waals surface area contributed by atoms with Crippen LogP contribution in [-0.4, -0.2) is 22.2 Å². The largest absolute Gasteiger partial charge is 0.481 e. The maximum absolute atomic E-state index is 12.1. The number of carbonyl (C=O) groups excluding carboxylic acids is 1. The van der Waals surface area contributed by atoms with Gasteiger partial charge in [0.2, 0.25) is 11.7 Å². The number of nitrogens with one attached hydrogen (secondary N) is 1. The summed E-state index contributed by atoms with van der Waals surface area (Å²) < 4.78 is 10.7. The maximum atomic E-state index is 12.1. The number of halogens is 1. The second kappa shape index (κ2) is 7.46. The average molecular weight is 364 g/mol. The van der Waals surface area contributed by atoms with Crippen LogP contribution in [0.4, 0.5) is 0 Å². The van der Waals surface area contributed by atoms with Crippen molar-refractivity contribution in [2.24, 2.45) is 0 Å². The van der Waals surface area contributed by atoms with E-state index in [1.165, 1.54) is 11.3 Å². The number of hydrogen-bond acceptors (Lipinski definition) is 6. The Morgan fingerprint density at radius 3 is 2.88 bits per heavy atom. The molecule has 0 bridgehead atoms. The van der Waals surface area contributed by atoms with Crippen molar-refractivity contribution in [3.63, 3.8) is 0 Å². The number of benzene rings is 1. The molecule has 0 aliphatic heterocycles. The van der Waals surface area contributed by atoms with Gasteiger partial charge in [-0.05, 0) is 42.6 Å². The van der Waals surface area contributed by atoms with Gasteiger partial charge in [-0.25, -0.2) is 0 Å². The van der Waals surface area contributed by atoms with Crippen LogP contribution in [0.3, 0.4) is 0 Å². The predicted molar refractivity (Wildman–Crippen MR) is 91.0 cm³/mol. The zero-order chi connectivity index (χ0) is 16.9. The molecule has 1 N–H and O–H groups in total. The Balaban J connectivity index is 1.52. The molecule has 0 aliphatic carbocycles. The molecular weight excluding hydrogens is 350 g/mol. The summed E-state index contributed by atoms with van der Waals surface area (Å²) in [5.41, 5.74) is 0. The first kappa shape index (κ1) is 16.5. The van der Waals surface area contributed by atoms with Gasteiger partial charge in [-0.3, -0.25) is 4.79 Å². The van der Waals surface area contributed by atoms with Crippen LogP contribution < -0.4 is 10.1 Å². The highest BCUT2D eigenvalue weighted by Gasteiger charge is 2.16. The van der Waals surface area contributed by atoms with Gasteiger partial charge < -0.3 is 14.6 Å². The quantitative estimate of drug-likeness (QED) is 0.724. The number of rotatable bonds is 6. The van der Waals surface area contributed by atoms with Crippen molar-refractivity contribution in [1.29, 1.82) is 0 Å². The van der Waals surface area contributed by atoms with Crippen molar-refractivity contribution in [3.05, 3.63) is 52.7 Å². The highest BCUT2D eigenvalue weighted by molar-refractivity contribution is 7.13. The lowest BCUT2D eigenvalue weighted by Crippen LogP contribution is -2.35. The SMILES string of the molecule is C[C@@H](Oc1ccc(Cl)cc1)C(=O)NCc1nc(-c2cccs2)no1. The van der Waals surface area contributed by atoms with Gasteiger partial charge in [0.05, 0.1) is 11.4 Å². The molecule has 0 saturated carbocycles. The van der Waals surface area contributed by atoms with Gasteiger partial charge in [0.1, 0.15) is 5.75 Å². The number of amides is 1. The lowest BCUT2D eigenvalue weighted by molar-refractivity contribution is -0.127. The van der Waals surface area contributed by atoms with Crippen molar-refractivity contribution >= 4 is 28.8 Å². The Bertz CT molecular complexity index is 802. The molecule has 1 aromatic carbocycles.